The Balaban J connectivity index is 2.97. The number of nitrogens with zero attached hydrogens (tertiary/aromatic N) is 1. The second-order valence-corrected chi connectivity index (χ2v) is 3.88. The third-order valence-electron chi connectivity index (χ3n) is 2.58. The highest BCUT2D eigenvalue weighted by molar-refractivity contribution is 5.51. The van der Waals surface area contributed by atoms with E-state index < -0.39 is 0 Å². The van der Waals surface area contributed by atoms with Crippen LogP contribution in [0.25, 0.3) is 0 Å². The molecule has 0 aliphatic heterocycles. The first-order valence-electron chi connectivity index (χ1n) is 5.14. The first kappa shape index (κ1) is 12.2. The fraction of sp³-hybridized carbons (Fsp3) is 0.214. The molecule has 0 aromatic heterocycles. The van der Waals surface area contributed by atoms with Gasteiger partial charge in [0.15, 0.2) is 0 Å². The van der Waals surface area contributed by atoms with Crippen molar-refractivity contribution in [3.63, 3.8) is 0 Å². The molecule has 1 aromatic carbocycles. The molecule has 1 atom stereocenters. The van der Waals surface area contributed by atoms with Crippen LogP contribution < -0.4 is 0 Å². The molecule has 2 heteroatoms. The second-order valence-electron chi connectivity index (χ2n) is 3.88. The Hall–Kier alpha value is -1.83. The molecule has 0 bridgehead atoms. The predicted octanol–water partition coefficient (Wildman–Crippen LogP) is 3.83. The molecule has 1 rings (SSSR count). The SMILES string of the molecule is C=Nc1ccccc1CC(C(=C)C)C(=C)O. The van der Waals surface area contributed by atoms with Crippen molar-refractivity contribution < 1.29 is 5.11 Å². The maximum Gasteiger partial charge on any atom is 0.0925 e. The molecule has 16 heavy (non-hydrogen) atoms. The van der Waals surface area contributed by atoms with Crippen molar-refractivity contribution >= 4 is 12.4 Å². The molecule has 0 aliphatic rings. The number of aliphatic hydroxyl groups is 1. The van der Waals surface area contributed by atoms with Crippen molar-refractivity contribution in [2.45, 2.75) is 13.3 Å². The molecule has 84 valence electrons. The Labute approximate surface area is 96.7 Å². The zero-order chi connectivity index (χ0) is 12.1. The van der Waals surface area contributed by atoms with E-state index in [1.54, 1.807) is 0 Å². The topological polar surface area (TPSA) is 32.6 Å². The lowest BCUT2D eigenvalue weighted by atomic mass is 9.91. The van der Waals surface area contributed by atoms with Crippen molar-refractivity contribution in [1.82, 2.24) is 0 Å². The van der Waals surface area contributed by atoms with Gasteiger partial charge in [0.1, 0.15) is 0 Å². The summed E-state index contributed by atoms with van der Waals surface area (Å²) >= 11 is 0. The van der Waals surface area contributed by atoms with Crippen molar-refractivity contribution in [3.05, 3.63) is 54.3 Å². The van der Waals surface area contributed by atoms with Crippen LogP contribution in [0.15, 0.2) is 53.7 Å². The highest BCUT2D eigenvalue weighted by Gasteiger charge is 2.15. The van der Waals surface area contributed by atoms with Crippen LogP contribution in [0.5, 0.6) is 0 Å². The van der Waals surface area contributed by atoms with E-state index in [9.17, 15) is 5.11 Å². The predicted molar refractivity (Wildman–Crippen MR) is 69.4 cm³/mol. The average Bonchev–Trinajstić information content (AvgIpc) is 2.25. The highest BCUT2D eigenvalue weighted by atomic mass is 16.3. The Morgan fingerprint density at radius 3 is 2.50 bits per heavy atom. The number of aliphatic hydroxyl groups excluding tert-OH is 1. The molecule has 1 unspecified atom stereocenters. The van der Waals surface area contributed by atoms with E-state index >= 15 is 0 Å². The van der Waals surface area contributed by atoms with Crippen LogP contribution in [0.4, 0.5) is 5.69 Å². The lowest BCUT2D eigenvalue weighted by Crippen LogP contribution is -2.08. The minimum Gasteiger partial charge on any atom is -0.512 e. The lowest BCUT2D eigenvalue weighted by molar-refractivity contribution is 0.351. The molecular weight excluding hydrogens is 198 g/mol. The largest absolute Gasteiger partial charge is 0.512 e. The monoisotopic (exact) mass is 215 g/mol. The van der Waals surface area contributed by atoms with Crippen LogP contribution in [-0.2, 0) is 6.42 Å². The molecule has 0 amide bonds. The number of hydrogen-bond acceptors (Lipinski definition) is 2. The summed E-state index contributed by atoms with van der Waals surface area (Å²) in [7, 11) is 0. The van der Waals surface area contributed by atoms with Gasteiger partial charge in [-0.1, -0.05) is 36.9 Å². The smallest absolute Gasteiger partial charge is 0.0925 e. The van der Waals surface area contributed by atoms with Gasteiger partial charge in [0.05, 0.1) is 11.4 Å². The number of hydrogen-bond donors (Lipinski definition) is 1. The number of para-hydroxylation sites is 1. The molecule has 1 aromatic rings. The molecular formula is C14H17NO. The zero-order valence-electron chi connectivity index (χ0n) is 9.61. The number of benzene rings is 1. The first-order valence-corrected chi connectivity index (χ1v) is 5.14. The normalized spacial score (nSPS) is 11.8. The summed E-state index contributed by atoms with van der Waals surface area (Å²) in [6.07, 6.45) is 0.653. The van der Waals surface area contributed by atoms with Crippen LogP contribution >= 0.6 is 0 Å². The summed E-state index contributed by atoms with van der Waals surface area (Å²) in [5, 5.41) is 9.51. The molecule has 0 fully saturated rings. The third kappa shape index (κ3) is 2.83. The fourth-order valence-electron chi connectivity index (χ4n) is 1.63. The van der Waals surface area contributed by atoms with Crippen LogP contribution in [0.2, 0.25) is 0 Å². The molecule has 1 N–H and O–H groups in total. The van der Waals surface area contributed by atoms with Crippen LogP contribution in [-0.4, -0.2) is 11.8 Å². The Morgan fingerprint density at radius 2 is 2.00 bits per heavy atom. The van der Waals surface area contributed by atoms with Crippen LogP contribution in [0.3, 0.4) is 0 Å². The maximum atomic E-state index is 9.51. The van der Waals surface area contributed by atoms with Gasteiger partial charge in [-0.2, -0.15) is 0 Å². The van der Waals surface area contributed by atoms with Crippen LogP contribution in [0.1, 0.15) is 12.5 Å². The standard InChI is InChI=1S/C14H17NO/c1-10(2)13(11(3)16)9-12-7-5-6-8-14(12)15-4/h5-8,13,16H,1,3-4,9H2,2H3. The summed E-state index contributed by atoms with van der Waals surface area (Å²) < 4.78 is 0. The van der Waals surface area contributed by atoms with Gasteiger partial charge < -0.3 is 5.11 Å². The zero-order valence-corrected chi connectivity index (χ0v) is 9.61. The van der Waals surface area contributed by atoms with E-state index in [4.69, 9.17) is 0 Å². The van der Waals surface area contributed by atoms with Crippen molar-refractivity contribution in [2.24, 2.45) is 10.9 Å². The van der Waals surface area contributed by atoms with Gasteiger partial charge in [-0.3, -0.25) is 4.99 Å². The summed E-state index contributed by atoms with van der Waals surface area (Å²) in [4.78, 5) is 3.95. The summed E-state index contributed by atoms with van der Waals surface area (Å²) in [5.41, 5.74) is 2.78. The van der Waals surface area contributed by atoms with Gasteiger partial charge in [-0.05, 0) is 31.7 Å². The van der Waals surface area contributed by atoms with E-state index in [0.29, 0.717) is 6.42 Å². The lowest BCUT2D eigenvalue weighted by Gasteiger charge is -2.16. The summed E-state index contributed by atoms with van der Waals surface area (Å²) in [5.74, 6) is 0.0225. The Bertz CT molecular complexity index is 406. The van der Waals surface area contributed by atoms with E-state index in [-0.39, 0.29) is 11.7 Å². The summed E-state index contributed by atoms with van der Waals surface area (Å²) in [6.45, 7) is 12.9. The highest BCUT2D eigenvalue weighted by Crippen LogP contribution is 2.26. The van der Waals surface area contributed by atoms with E-state index in [0.717, 1.165) is 16.8 Å². The van der Waals surface area contributed by atoms with Crippen molar-refractivity contribution in [3.8, 4) is 0 Å². The van der Waals surface area contributed by atoms with Gasteiger partial charge in [-0.15, -0.1) is 0 Å². The van der Waals surface area contributed by atoms with Crippen molar-refractivity contribution in [1.29, 1.82) is 0 Å². The average molecular weight is 215 g/mol. The molecule has 0 aliphatic carbocycles. The minimum atomic E-state index is -0.122. The van der Waals surface area contributed by atoms with Gasteiger partial charge in [0, 0.05) is 5.92 Å². The third-order valence-corrected chi connectivity index (χ3v) is 2.58. The van der Waals surface area contributed by atoms with Gasteiger partial charge in [-0.25, -0.2) is 0 Å². The summed E-state index contributed by atoms with van der Waals surface area (Å²) in [6, 6.07) is 7.73. The van der Waals surface area contributed by atoms with E-state index in [1.807, 2.05) is 31.2 Å². The minimum absolute atomic E-state index is 0.122. The molecule has 0 saturated carbocycles. The van der Waals surface area contributed by atoms with Crippen molar-refractivity contribution in [2.75, 3.05) is 0 Å². The molecule has 2 nitrogen and oxygen atoms in total. The first-order chi connectivity index (χ1) is 7.56. The molecule has 0 heterocycles. The second kappa shape index (κ2) is 5.31. The molecule has 0 saturated heterocycles. The number of rotatable bonds is 5. The fourth-order valence-corrected chi connectivity index (χ4v) is 1.63. The van der Waals surface area contributed by atoms with Gasteiger partial charge in [0.2, 0.25) is 0 Å². The van der Waals surface area contributed by atoms with E-state index in [2.05, 4.69) is 24.9 Å². The quantitative estimate of drug-likeness (QED) is 0.452. The van der Waals surface area contributed by atoms with E-state index in [1.165, 1.54) is 0 Å². The number of allylic oxidation sites excluding steroid dienone is 1. The Kier molecular flexibility index (Phi) is 4.06. The van der Waals surface area contributed by atoms with Crippen LogP contribution in [0, 0.1) is 5.92 Å². The molecule has 0 spiro atoms. The Morgan fingerprint density at radius 1 is 1.38 bits per heavy atom. The van der Waals surface area contributed by atoms with Gasteiger partial charge in [0.25, 0.3) is 0 Å². The number of aliphatic imine (C=N–C) groups is 1. The van der Waals surface area contributed by atoms with Gasteiger partial charge >= 0.3 is 0 Å². The maximum absolute atomic E-state index is 9.51. The molecule has 0 radical (unpaired) electrons.